The molecule has 1 aromatic heterocycles. The van der Waals surface area contributed by atoms with Gasteiger partial charge in [0.1, 0.15) is 0 Å². The monoisotopic (exact) mass is 442 g/mol. The molecule has 1 aliphatic heterocycles. The van der Waals surface area contributed by atoms with E-state index < -0.39 is 12.0 Å². The first-order valence-corrected chi connectivity index (χ1v) is 10.3. The smallest absolute Gasteiger partial charge is 0.317 e. The SMILES string of the molecule is COc1cc(-c2nnc(N[C@H]3N=C(c4ccccc4)c4ccccc4CC3=O)o2)ccc1F. The van der Waals surface area contributed by atoms with Gasteiger partial charge in [-0.15, -0.1) is 5.10 Å². The number of rotatable bonds is 5. The Hall–Kier alpha value is -4.33. The minimum absolute atomic E-state index is 0.0359. The summed E-state index contributed by atoms with van der Waals surface area (Å²) >= 11 is 0. The molecule has 0 spiro atoms. The number of hydrogen-bond donors (Lipinski definition) is 1. The fourth-order valence-electron chi connectivity index (χ4n) is 3.71. The van der Waals surface area contributed by atoms with Crippen LogP contribution in [0.3, 0.4) is 0 Å². The minimum atomic E-state index is -0.913. The Morgan fingerprint density at radius 2 is 1.79 bits per heavy atom. The van der Waals surface area contributed by atoms with E-state index in [2.05, 4.69) is 15.5 Å². The second-order valence-electron chi connectivity index (χ2n) is 7.45. The Morgan fingerprint density at radius 3 is 2.61 bits per heavy atom. The summed E-state index contributed by atoms with van der Waals surface area (Å²) in [5, 5.41) is 11.0. The zero-order valence-electron chi connectivity index (χ0n) is 17.7. The standard InChI is InChI=1S/C25H19FN4O3/c1-32-21-14-17(11-12-19(21)26)24-29-30-25(33-24)28-23-20(31)13-16-9-5-6-10-18(16)22(27-23)15-7-3-2-4-8-15/h2-12,14,23H,13H2,1H3,(H,28,30)/t23-/m1/s1. The number of ether oxygens (including phenoxy) is 1. The van der Waals surface area contributed by atoms with E-state index in [1.54, 1.807) is 0 Å². The second kappa shape index (κ2) is 8.66. The summed E-state index contributed by atoms with van der Waals surface area (Å²) in [7, 11) is 1.38. The Labute approximate surface area is 189 Å². The van der Waals surface area contributed by atoms with E-state index in [1.165, 1.54) is 25.3 Å². The number of nitrogens with zero attached hydrogens (tertiary/aromatic N) is 3. The fraction of sp³-hybridized carbons (Fsp3) is 0.120. The van der Waals surface area contributed by atoms with E-state index in [9.17, 15) is 9.18 Å². The number of fused-ring (bicyclic) bond motifs is 1. The van der Waals surface area contributed by atoms with Crippen molar-refractivity contribution in [3.8, 4) is 17.2 Å². The molecular weight excluding hydrogens is 423 g/mol. The lowest BCUT2D eigenvalue weighted by atomic mass is 9.96. The van der Waals surface area contributed by atoms with Crippen LogP contribution in [0, 0.1) is 5.82 Å². The van der Waals surface area contributed by atoms with Gasteiger partial charge in [0.25, 0.3) is 0 Å². The molecule has 1 atom stereocenters. The van der Waals surface area contributed by atoms with E-state index >= 15 is 0 Å². The van der Waals surface area contributed by atoms with Crippen LogP contribution in [0.5, 0.6) is 5.75 Å². The van der Waals surface area contributed by atoms with Crippen molar-refractivity contribution in [1.29, 1.82) is 0 Å². The number of carbonyl (C=O) groups excluding carboxylic acids is 1. The van der Waals surface area contributed by atoms with Crippen molar-refractivity contribution in [1.82, 2.24) is 10.2 Å². The van der Waals surface area contributed by atoms with Crippen molar-refractivity contribution in [3.05, 3.63) is 95.3 Å². The number of anilines is 1. The molecule has 8 heteroatoms. The Kier molecular flexibility index (Phi) is 5.40. The summed E-state index contributed by atoms with van der Waals surface area (Å²) < 4.78 is 24.4. The van der Waals surface area contributed by atoms with Gasteiger partial charge in [0.15, 0.2) is 23.5 Å². The third-order valence-corrected chi connectivity index (χ3v) is 5.33. The molecule has 0 saturated carbocycles. The third-order valence-electron chi connectivity index (χ3n) is 5.33. The summed E-state index contributed by atoms with van der Waals surface area (Å²) in [6.07, 6.45) is -0.701. The molecule has 4 aromatic rings. The number of aliphatic imine (C=N–C) groups is 1. The van der Waals surface area contributed by atoms with Crippen LogP contribution in [0.4, 0.5) is 10.4 Å². The van der Waals surface area contributed by atoms with Crippen molar-refractivity contribution < 1.29 is 18.3 Å². The third kappa shape index (κ3) is 4.10. The average Bonchev–Trinajstić information content (AvgIpc) is 3.26. The van der Waals surface area contributed by atoms with Crippen LogP contribution in [-0.2, 0) is 11.2 Å². The van der Waals surface area contributed by atoms with E-state index in [1.807, 2.05) is 54.6 Å². The van der Waals surface area contributed by atoms with E-state index in [-0.39, 0.29) is 29.9 Å². The molecule has 2 heterocycles. The molecule has 0 radical (unpaired) electrons. The lowest BCUT2D eigenvalue weighted by Crippen LogP contribution is -2.29. The number of methoxy groups -OCH3 is 1. The van der Waals surface area contributed by atoms with Gasteiger partial charge in [-0.05, 0) is 23.8 Å². The molecule has 5 rings (SSSR count). The summed E-state index contributed by atoms with van der Waals surface area (Å²) in [5.41, 5.74) is 3.90. The lowest BCUT2D eigenvalue weighted by molar-refractivity contribution is -0.119. The van der Waals surface area contributed by atoms with Crippen LogP contribution in [0.2, 0.25) is 0 Å². The molecule has 0 saturated heterocycles. The van der Waals surface area contributed by atoms with Crippen LogP contribution in [-0.4, -0.2) is 35.0 Å². The van der Waals surface area contributed by atoms with Crippen molar-refractivity contribution in [2.45, 2.75) is 12.6 Å². The number of aromatic nitrogens is 2. The Morgan fingerprint density at radius 1 is 1.00 bits per heavy atom. The highest BCUT2D eigenvalue weighted by atomic mass is 19.1. The highest BCUT2D eigenvalue weighted by Gasteiger charge is 2.27. The van der Waals surface area contributed by atoms with Crippen LogP contribution < -0.4 is 10.1 Å². The number of halogens is 1. The zero-order valence-corrected chi connectivity index (χ0v) is 17.7. The topological polar surface area (TPSA) is 89.6 Å². The van der Waals surface area contributed by atoms with Crippen molar-refractivity contribution in [2.24, 2.45) is 4.99 Å². The molecule has 7 nitrogen and oxygen atoms in total. The van der Waals surface area contributed by atoms with Crippen molar-refractivity contribution >= 4 is 17.5 Å². The number of ketones is 1. The van der Waals surface area contributed by atoms with Gasteiger partial charge in [-0.3, -0.25) is 9.79 Å². The van der Waals surface area contributed by atoms with E-state index in [4.69, 9.17) is 14.1 Å². The maximum Gasteiger partial charge on any atom is 0.317 e. The molecule has 0 unspecified atom stereocenters. The number of hydrogen-bond acceptors (Lipinski definition) is 7. The molecule has 1 aliphatic rings. The normalized spacial score (nSPS) is 15.4. The minimum Gasteiger partial charge on any atom is -0.494 e. The van der Waals surface area contributed by atoms with Crippen LogP contribution in [0.1, 0.15) is 16.7 Å². The van der Waals surface area contributed by atoms with Gasteiger partial charge < -0.3 is 14.5 Å². The first kappa shape index (κ1) is 20.6. The summed E-state index contributed by atoms with van der Waals surface area (Å²) in [4.78, 5) is 17.8. The first-order valence-electron chi connectivity index (χ1n) is 10.3. The summed E-state index contributed by atoms with van der Waals surface area (Å²) in [5.74, 6) is -0.400. The quantitative estimate of drug-likeness (QED) is 0.496. The second-order valence-corrected chi connectivity index (χ2v) is 7.45. The van der Waals surface area contributed by atoms with Gasteiger partial charge in [-0.2, -0.15) is 0 Å². The highest BCUT2D eigenvalue weighted by molar-refractivity contribution is 6.16. The Bertz CT molecular complexity index is 1350. The van der Waals surface area contributed by atoms with Crippen LogP contribution in [0.15, 0.2) is 82.2 Å². The van der Waals surface area contributed by atoms with Gasteiger partial charge in [-0.1, -0.05) is 59.7 Å². The summed E-state index contributed by atoms with van der Waals surface area (Å²) in [6, 6.07) is 21.7. The van der Waals surface area contributed by atoms with E-state index in [0.717, 1.165) is 16.7 Å². The van der Waals surface area contributed by atoms with Gasteiger partial charge in [-0.25, -0.2) is 4.39 Å². The predicted octanol–water partition coefficient (Wildman–Crippen LogP) is 4.29. The number of benzene rings is 3. The van der Waals surface area contributed by atoms with Gasteiger partial charge in [0, 0.05) is 23.1 Å². The highest BCUT2D eigenvalue weighted by Crippen LogP contribution is 2.27. The molecule has 0 fully saturated rings. The molecular formula is C25H19FN4O3. The van der Waals surface area contributed by atoms with Gasteiger partial charge in [0.2, 0.25) is 5.89 Å². The van der Waals surface area contributed by atoms with Crippen LogP contribution >= 0.6 is 0 Å². The zero-order chi connectivity index (χ0) is 22.8. The molecule has 0 aliphatic carbocycles. The largest absolute Gasteiger partial charge is 0.494 e. The summed E-state index contributed by atoms with van der Waals surface area (Å²) in [6.45, 7) is 0. The van der Waals surface area contributed by atoms with Gasteiger partial charge >= 0.3 is 6.01 Å². The van der Waals surface area contributed by atoms with E-state index in [0.29, 0.717) is 11.3 Å². The van der Waals surface area contributed by atoms with Crippen LogP contribution in [0.25, 0.3) is 11.5 Å². The molecule has 3 aromatic carbocycles. The number of Topliss-reactive ketones (excluding diaryl/α,β-unsaturated/α-hetero) is 1. The molecule has 0 bridgehead atoms. The average molecular weight is 442 g/mol. The molecule has 164 valence electrons. The molecule has 0 amide bonds. The lowest BCUT2D eigenvalue weighted by Gasteiger charge is -2.11. The van der Waals surface area contributed by atoms with Crippen molar-refractivity contribution in [3.63, 3.8) is 0 Å². The maximum absolute atomic E-state index is 13.7. The fourth-order valence-corrected chi connectivity index (χ4v) is 3.71. The maximum atomic E-state index is 13.7. The number of nitrogens with one attached hydrogen (secondary N) is 1. The first-order chi connectivity index (χ1) is 16.1. The van der Waals surface area contributed by atoms with Crippen molar-refractivity contribution in [2.75, 3.05) is 12.4 Å². The van der Waals surface area contributed by atoms with Gasteiger partial charge in [0.05, 0.1) is 12.8 Å². The predicted molar refractivity (Wildman–Crippen MR) is 121 cm³/mol. The molecule has 1 N–H and O–H groups in total. The molecule has 33 heavy (non-hydrogen) atoms. The Balaban J connectivity index is 1.48. The number of carbonyl (C=O) groups is 1.